The molecule has 0 radical (unpaired) electrons. The second-order valence-corrected chi connectivity index (χ2v) is 13.9. The van der Waals surface area contributed by atoms with E-state index in [-0.39, 0.29) is 54.1 Å². The van der Waals surface area contributed by atoms with Crippen LogP contribution in [0.25, 0.3) is 0 Å². The lowest BCUT2D eigenvalue weighted by molar-refractivity contribution is -0.184. The fourth-order valence-electron chi connectivity index (χ4n) is 9.44. The molecule has 8 nitrogen and oxygen atoms in total. The molecule has 0 aromatic rings. The number of aliphatic hydroxyl groups excluding tert-OH is 1. The maximum absolute atomic E-state index is 13.4. The number of carbonyl (C=O) groups is 4. The van der Waals surface area contributed by atoms with Crippen molar-refractivity contribution in [1.82, 2.24) is 5.32 Å². The Labute approximate surface area is 237 Å². The van der Waals surface area contributed by atoms with Crippen LogP contribution in [-0.2, 0) is 23.9 Å². The molecule has 5 aliphatic carbocycles. The zero-order valence-electron chi connectivity index (χ0n) is 24.2. The van der Waals surface area contributed by atoms with Gasteiger partial charge in [-0.1, -0.05) is 38.7 Å². The molecule has 0 aromatic carbocycles. The van der Waals surface area contributed by atoms with E-state index in [9.17, 15) is 29.4 Å². The second kappa shape index (κ2) is 11.3. The number of ketones is 2. The number of amides is 1. The molecule has 7 atom stereocenters. The molecule has 3 N–H and O–H groups in total. The summed E-state index contributed by atoms with van der Waals surface area (Å²) in [4.78, 5) is 50.1. The normalized spacial score (nSPS) is 39.4. The number of Topliss-reactive ketones (excluding diaryl/α,β-unsaturated/α-hetero) is 1. The average Bonchev–Trinajstić information content (AvgIpc) is 3.20. The number of aliphatic hydroxyl groups is 2. The Morgan fingerprint density at radius 3 is 2.52 bits per heavy atom. The van der Waals surface area contributed by atoms with Crippen LogP contribution in [0.5, 0.6) is 0 Å². The Balaban J connectivity index is 1.16. The summed E-state index contributed by atoms with van der Waals surface area (Å²) in [6.45, 7) is 4.20. The number of esters is 1. The fourth-order valence-corrected chi connectivity index (χ4v) is 9.44. The SMILES string of the molecule is C[C@@]12CCC(=O)C=C1CCC1C2C(O)C[C@]2(C)C1CC[C@@]2(O)C(=O)COC(=O)CCC(=O)NCC1CCCCC1. The standard InChI is InChI=1S/C32H47NO7/c1-30-14-12-22(34)16-21(30)8-9-23-24-13-15-32(39,31(24,2)17-25(35)29(23)30)26(36)19-40-28(38)11-10-27(37)33-18-20-6-4-3-5-7-20/h16,20,23-25,29,35,39H,3-15,17-19H2,1-2H3,(H,33,37)/t23?,24?,25?,29?,30-,31-,32-/m1/s1. The van der Waals surface area contributed by atoms with Crippen molar-refractivity contribution in [3.05, 3.63) is 11.6 Å². The number of carbonyl (C=O) groups excluding carboxylic acids is 4. The van der Waals surface area contributed by atoms with Crippen LogP contribution in [0.3, 0.4) is 0 Å². The fraction of sp³-hybridized carbons (Fsp3) is 0.812. The average molecular weight is 558 g/mol. The summed E-state index contributed by atoms with van der Waals surface area (Å²) in [6.07, 6.45) is 11.0. The van der Waals surface area contributed by atoms with Gasteiger partial charge in [0.2, 0.25) is 11.7 Å². The number of hydrogen-bond donors (Lipinski definition) is 3. The molecule has 0 spiro atoms. The highest BCUT2D eigenvalue weighted by Gasteiger charge is 2.68. The van der Waals surface area contributed by atoms with E-state index in [0.717, 1.165) is 37.7 Å². The van der Waals surface area contributed by atoms with E-state index in [4.69, 9.17) is 4.74 Å². The minimum absolute atomic E-state index is 0.00165. The predicted octanol–water partition coefficient (Wildman–Crippen LogP) is 3.81. The summed E-state index contributed by atoms with van der Waals surface area (Å²) >= 11 is 0. The molecule has 1 amide bonds. The second-order valence-electron chi connectivity index (χ2n) is 13.9. The van der Waals surface area contributed by atoms with Crippen molar-refractivity contribution in [3.8, 4) is 0 Å². The van der Waals surface area contributed by atoms with E-state index >= 15 is 0 Å². The van der Waals surface area contributed by atoms with Gasteiger partial charge < -0.3 is 20.3 Å². The molecule has 4 unspecified atom stereocenters. The Morgan fingerprint density at radius 2 is 1.77 bits per heavy atom. The van der Waals surface area contributed by atoms with Crippen LogP contribution in [0, 0.1) is 34.5 Å². The third-order valence-electron chi connectivity index (χ3n) is 11.7. The highest BCUT2D eigenvalue weighted by Crippen LogP contribution is 2.67. The number of allylic oxidation sites excluding steroid dienone is 1. The maximum Gasteiger partial charge on any atom is 0.306 e. The Hall–Kier alpha value is -2.06. The van der Waals surface area contributed by atoms with Gasteiger partial charge in [0.15, 0.2) is 12.4 Å². The van der Waals surface area contributed by atoms with Crippen LogP contribution in [0.1, 0.15) is 104 Å². The zero-order chi connectivity index (χ0) is 28.7. The summed E-state index contributed by atoms with van der Waals surface area (Å²) in [6, 6.07) is 0. The Bertz CT molecular complexity index is 1060. The van der Waals surface area contributed by atoms with Crippen LogP contribution in [0.4, 0.5) is 0 Å². The van der Waals surface area contributed by atoms with Gasteiger partial charge >= 0.3 is 5.97 Å². The first-order valence-electron chi connectivity index (χ1n) is 15.6. The van der Waals surface area contributed by atoms with Gasteiger partial charge in [0, 0.05) is 24.8 Å². The van der Waals surface area contributed by atoms with Gasteiger partial charge in [-0.2, -0.15) is 0 Å². The van der Waals surface area contributed by atoms with Crippen molar-refractivity contribution in [3.63, 3.8) is 0 Å². The smallest absolute Gasteiger partial charge is 0.306 e. The van der Waals surface area contributed by atoms with Gasteiger partial charge in [-0.25, -0.2) is 0 Å². The zero-order valence-corrected chi connectivity index (χ0v) is 24.2. The Kier molecular flexibility index (Phi) is 8.33. The molecule has 5 aliphatic rings. The van der Waals surface area contributed by atoms with E-state index in [1.165, 1.54) is 19.3 Å². The quantitative estimate of drug-likeness (QED) is 0.387. The number of rotatable bonds is 8. The van der Waals surface area contributed by atoms with Crippen molar-refractivity contribution in [1.29, 1.82) is 0 Å². The monoisotopic (exact) mass is 557 g/mol. The van der Waals surface area contributed by atoms with Crippen molar-refractivity contribution in [2.45, 2.75) is 115 Å². The molecule has 5 rings (SSSR count). The van der Waals surface area contributed by atoms with Crippen LogP contribution >= 0.6 is 0 Å². The summed E-state index contributed by atoms with van der Waals surface area (Å²) in [5, 5.41) is 26.2. The molecule has 8 heteroatoms. The van der Waals surface area contributed by atoms with E-state index in [1.807, 2.05) is 6.92 Å². The Morgan fingerprint density at radius 1 is 1.02 bits per heavy atom. The minimum atomic E-state index is -1.68. The maximum atomic E-state index is 13.4. The van der Waals surface area contributed by atoms with Crippen molar-refractivity contribution in [2.24, 2.45) is 34.5 Å². The summed E-state index contributed by atoms with van der Waals surface area (Å²) < 4.78 is 5.25. The topological polar surface area (TPSA) is 130 Å². The highest BCUT2D eigenvalue weighted by atomic mass is 16.5. The third-order valence-corrected chi connectivity index (χ3v) is 11.7. The molecule has 40 heavy (non-hydrogen) atoms. The van der Waals surface area contributed by atoms with Gasteiger partial charge in [0.1, 0.15) is 5.60 Å². The van der Waals surface area contributed by atoms with E-state index in [1.54, 1.807) is 6.08 Å². The summed E-state index contributed by atoms with van der Waals surface area (Å²) in [5.41, 5.74) is -1.59. The van der Waals surface area contributed by atoms with Crippen LogP contribution in [-0.4, -0.2) is 58.5 Å². The van der Waals surface area contributed by atoms with Crippen LogP contribution < -0.4 is 5.32 Å². The first kappa shape index (κ1) is 29.4. The first-order chi connectivity index (χ1) is 19.0. The molecule has 0 saturated heterocycles. The molecule has 4 fully saturated rings. The largest absolute Gasteiger partial charge is 0.458 e. The molecule has 0 bridgehead atoms. The molecule has 0 aromatic heterocycles. The molecule has 0 aliphatic heterocycles. The van der Waals surface area contributed by atoms with Crippen molar-refractivity contribution >= 4 is 23.4 Å². The van der Waals surface area contributed by atoms with Crippen LogP contribution in [0.15, 0.2) is 11.6 Å². The lowest BCUT2D eigenvalue weighted by Gasteiger charge is -2.60. The van der Waals surface area contributed by atoms with Gasteiger partial charge in [0.05, 0.1) is 12.5 Å². The summed E-state index contributed by atoms with van der Waals surface area (Å²) in [5.74, 6) is -0.450. The molecule has 0 heterocycles. The van der Waals surface area contributed by atoms with E-state index < -0.39 is 35.5 Å². The molecule has 222 valence electrons. The number of fused-ring (bicyclic) bond motifs is 5. The van der Waals surface area contributed by atoms with E-state index in [2.05, 4.69) is 12.2 Å². The van der Waals surface area contributed by atoms with Crippen molar-refractivity contribution < 1.29 is 34.1 Å². The first-order valence-corrected chi connectivity index (χ1v) is 15.6. The lowest BCUT2D eigenvalue weighted by atomic mass is 9.45. The molecular formula is C32H47NO7. The van der Waals surface area contributed by atoms with Crippen LogP contribution in [0.2, 0.25) is 0 Å². The highest BCUT2D eigenvalue weighted by molar-refractivity contribution is 5.92. The van der Waals surface area contributed by atoms with Crippen molar-refractivity contribution in [2.75, 3.05) is 13.2 Å². The lowest BCUT2D eigenvalue weighted by Crippen LogP contribution is -2.62. The van der Waals surface area contributed by atoms with E-state index in [0.29, 0.717) is 31.7 Å². The minimum Gasteiger partial charge on any atom is -0.458 e. The van der Waals surface area contributed by atoms with Gasteiger partial charge in [0.25, 0.3) is 0 Å². The number of ether oxygens (including phenoxy) is 1. The van der Waals surface area contributed by atoms with Gasteiger partial charge in [-0.15, -0.1) is 0 Å². The predicted molar refractivity (Wildman–Crippen MR) is 148 cm³/mol. The summed E-state index contributed by atoms with van der Waals surface area (Å²) in [7, 11) is 0. The number of nitrogens with one attached hydrogen (secondary N) is 1. The number of hydrogen-bond acceptors (Lipinski definition) is 7. The van der Waals surface area contributed by atoms with Gasteiger partial charge in [-0.05, 0) is 86.5 Å². The molecule has 4 saturated carbocycles. The van der Waals surface area contributed by atoms with Gasteiger partial charge in [-0.3, -0.25) is 19.2 Å². The molecular weight excluding hydrogens is 510 g/mol. The third kappa shape index (κ3) is 5.19.